The molecule has 1 saturated heterocycles. The Labute approximate surface area is 85.6 Å². The van der Waals surface area contributed by atoms with Crippen LogP contribution in [0.25, 0.3) is 0 Å². The molecule has 0 aromatic rings. The number of hydrogen-bond donors (Lipinski definition) is 0. The molecule has 1 rings (SSSR count). The first kappa shape index (κ1) is 10.8. The lowest BCUT2D eigenvalue weighted by Crippen LogP contribution is -2.31. The van der Waals surface area contributed by atoms with Gasteiger partial charge in [0.1, 0.15) is 0 Å². The molecule has 2 heteroatoms. The van der Waals surface area contributed by atoms with E-state index in [0.29, 0.717) is 6.54 Å². The third-order valence-electron chi connectivity index (χ3n) is 2.31. The van der Waals surface area contributed by atoms with Crippen LogP contribution in [0.2, 0.25) is 0 Å². The van der Waals surface area contributed by atoms with Crippen molar-refractivity contribution in [2.45, 2.75) is 26.8 Å². The van der Waals surface area contributed by atoms with E-state index in [1.54, 1.807) is 0 Å². The Hall–Kier alpha value is -1.31. The summed E-state index contributed by atoms with van der Waals surface area (Å²) < 4.78 is 0. The fourth-order valence-electron chi connectivity index (χ4n) is 1.47. The minimum atomic E-state index is 0.100. The van der Waals surface area contributed by atoms with Crippen LogP contribution in [0, 0.1) is 0 Å². The van der Waals surface area contributed by atoms with Crippen molar-refractivity contribution >= 4 is 5.91 Å². The summed E-state index contributed by atoms with van der Waals surface area (Å²) in [6, 6.07) is 0.246. The molecule has 0 radical (unpaired) electrons. The minimum Gasteiger partial charge on any atom is -0.332 e. The van der Waals surface area contributed by atoms with Crippen LogP contribution in [0.3, 0.4) is 0 Å². The van der Waals surface area contributed by atoms with Gasteiger partial charge < -0.3 is 4.90 Å². The highest BCUT2D eigenvalue weighted by molar-refractivity contribution is 6.01. The molecule has 14 heavy (non-hydrogen) atoms. The van der Waals surface area contributed by atoms with Crippen molar-refractivity contribution in [2.75, 3.05) is 6.54 Å². The molecule has 1 amide bonds. The normalized spacial score (nSPS) is 20.9. The molecule has 76 valence electrons. The fraction of sp³-hybridized carbons (Fsp3) is 0.417. The van der Waals surface area contributed by atoms with Gasteiger partial charge in [0.2, 0.25) is 0 Å². The lowest BCUT2D eigenvalue weighted by atomic mass is 10.1. The molecule has 0 atom stereocenters. The molecule has 1 aliphatic rings. The summed E-state index contributed by atoms with van der Waals surface area (Å²) >= 11 is 0. The molecule has 0 aromatic heterocycles. The van der Waals surface area contributed by atoms with E-state index < -0.39 is 0 Å². The van der Waals surface area contributed by atoms with Crippen LogP contribution < -0.4 is 0 Å². The first-order valence-electron chi connectivity index (χ1n) is 4.90. The van der Waals surface area contributed by atoms with Crippen LogP contribution in [-0.4, -0.2) is 23.4 Å². The van der Waals surface area contributed by atoms with Gasteiger partial charge in [-0.15, -0.1) is 0 Å². The second kappa shape index (κ2) is 4.27. The Balaban J connectivity index is 2.91. The van der Waals surface area contributed by atoms with Gasteiger partial charge in [-0.25, -0.2) is 0 Å². The maximum absolute atomic E-state index is 11.8. The van der Waals surface area contributed by atoms with Crippen molar-refractivity contribution in [3.8, 4) is 0 Å². The van der Waals surface area contributed by atoms with Crippen LogP contribution in [-0.2, 0) is 4.79 Å². The molecular weight excluding hydrogens is 174 g/mol. The maximum Gasteiger partial charge on any atom is 0.254 e. The number of carbonyl (C=O) groups excluding carboxylic acids is 1. The third kappa shape index (κ3) is 1.95. The van der Waals surface area contributed by atoms with Crippen molar-refractivity contribution in [2.24, 2.45) is 0 Å². The van der Waals surface area contributed by atoms with Gasteiger partial charge in [-0.3, -0.25) is 4.79 Å². The minimum absolute atomic E-state index is 0.100. The zero-order valence-electron chi connectivity index (χ0n) is 9.08. The highest BCUT2D eigenvalue weighted by Gasteiger charge is 2.29. The molecular formula is C12H17NO. The number of nitrogens with zero attached hydrogens (tertiary/aromatic N) is 1. The monoisotopic (exact) mass is 191 g/mol. The molecule has 0 bridgehead atoms. The van der Waals surface area contributed by atoms with Gasteiger partial charge in [-0.2, -0.15) is 0 Å². The van der Waals surface area contributed by atoms with Gasteiger partial charge in [0.25, 0.3) is 5.91 Å². The van der Waals surface area contributed by atoms with E-state index in [1.807, 2.05) is 43.9 Å². The summed E-state index contributed by atoms with van der Waals surface area (Å²) in [5, 5.41) is 0. The summed E-state index contributed by atoms with van der Waals surface area (Å²) in [6.45, 7) is 10.5. The predicted molar refractivity (Wildman–Crippen MR) is 58.9 cm³/mol. The summed E-state index contributed by atoms with van der Waals surface area (Å²) in [6.07, 6.45) is 5.63. The smallest absolute Gasteiger partial charge is 0.254 e. The van der Waals surface area contributed by atoms with Crippen LogP contribution in [0.15, 0.2) is 36.0 Å². The van der Waals surface area contributed by atoms with E-state index in [9.17, 15) is 4.79 Å². The zero-order valence-corrected chi connectivity index (χ0v) is 9.08. The molecule has 1 fully saturated rings. The molecule has 1 aliphatic heterocycles. The number of amides is 1. The Morgan fingerprint density at radius 3 is 2.57 bits per heavy atom. The van der Waals surface area contributed by atoms with Gasteiger partial charge in [0.05, 0.1) is 0 Å². The first-order chi connectivity index (χ1) is 6.57. The molecule has 0 aromatic carbocycles. The topological polar surface area (TPSA) is 20.3 Å². The van der Waals surface area contributed by atoms with E-state index in [0.717, 1.165) is 11.1 Å². The van der Waals surface area contributed by atoms with E-state index in [2.05, 4.69) is 6.58 Å². The predicted octanol–water partition coefficient (Wildman–Crippen LogP) is 2.30. The van der Waals surface area contributed by atoms with Crippen molar-refractivity contribution in [3.05, 3.63) is 36.0 Å². The Kier molecular flexibility index (Phi) is 3.28. The summed E-state index contributed by atoms with van der Waals surface area (Å²) in [4.78, 5) is 13.7. The van der Waals surface area contributed by atoms with Crippen LogP contribution in [0.5, 0.6) is 0 Å². The summed E-state index contributed by atoms with van der Waals surface area (Å²) in [5.74, 6) is 0.100. The Bertz CT molecular complexity index is 310. The molecule has 0 saturated carbocycles. The largest absolute Gasteiger partial charge is 0.332 e. The average molecular weight is 191 g/mol. The van der Waals surface area contributed by atoms with Gasteiger partial charge in [-0.05, 0) is 32.4 Å². The zero-order chi connectivity index (χ0) is 10.7. The van der Waals surface area contributed by atoms with E-state index in [-0.39, 0.29) is 11.9 Å². The van der Waals surface area contributed by atoms with Gasteiger partial charge >= 0.3 is 0 Å². The Morgan fingerprint density at radius 2 is 2.14 bits per heavy atom. The number of carbonyl (C=O) groups is 1. The number of hydrogen-bond acceptors (Lipinski definition) is 1. The lowest BCUT2D eigenvalue weighted by Gasteiger charge is -2.19. The quantitative estimate of drug-likeness (QED) is 0.613. The molecule has 1 heterocycles. The molecule has 0 aliphatic carbocycles. The van der Waals surface area contributed by atoms with E-state index >= 15 is 0 Å². The van der Waals surface area contributed by atoms with E-state index in [1.165, 1.54) is 0 Å². The van der Waals surface area contributed by atoms with Crippen LogP contribution >= 0.6 is 0 Å². The molecule has 2 nitrogen and oxygen atoms in total. The van der Waals surface area contributed by atoms with Crippen molar-refractivity contribution in [1.82, 2.24) is 4.90 Å². The van der Waals surface area contributed by atoms with E-state index in [4.69, 9.17) is 0 Å². The highest BCUT2D eigenvalue weighted by Crippen LogP contribution is 2.23. The van der Waals surface area contributed by atoms with Crippen molar-refractivity contribution in [1.29, 1.82) is 0 Å². The SMILES string of the molecule is C=C1CN(C(C)C)C(=O)/C1=C/C=C\C. The van der Waals surface area contributed by atoms with Crippen molar-refractivity contribution < 1.29 is 4.79 Å². The highest BCUT2D eigenvalue weighted by atomic mass is 16.2. The number of likely N-dealkylation sites (tertiary alicyclic amines) is 1. The second-order valence-electron chi connectivity index (χ2n) is 3.74. The van der Waals surface area contributed by atoms with Gasteiger partial charge in [0.15, 0.2) is 0 Å². The average Bonchev–Trinajstić information content (AvgIpc) is 2.40. The summed E-state index contributed by atoms with van der Waals surface area (Å²) in [5.41, 5.74) is 1.67. The Morgan fingerprint density at radius 1 is 1.50 bits per heavy atom. The maximum atomic E-state index is 11.8. The molecule has 0 N–H and O–H groups in total. The first-order valence-corrected chi connectivity index (χ1v) is 4.90. The molecule has 0 spiro atoms. The van der Waals surface area contributed by atoms with Crippen LogP contribution in [0.1, 0.15) is 20.8 Å². The fourth-order valence-corrected chi connectivity index (χ4v) is 1.47. The van der Waals surface area contributed by atoms with Gasteiger partial charge in [0, 0.05) is 18.2 Å². The number of allylic oxidation sites excluding steroid dienone is 3. The molecule has 0 unspecified atom stereocenters. The van der Waals surface area contributed by atoms with Gasteiger partial charge in [-0.1, -0.05) is 18.7 Å². The summed E-state index contributed by atoms with van der Waals surface area (Å²) in [7, 11) is 0. The lowest BCUT2D eigenvalue weighted by molar-refractivity contribution is -0.126. The van der Waals surface area contributed by atoms with Crippen molar-refractivity contribution in [3.63, 3.8) is 0 Å². The standard InChI is InChI=1S/C12H17NO/c1-5-6-7-11-10(4)8-13(9(2)3)12(11)14/h5-7,9H,4,8H2,1-3H3/b6-5-,11-7+. The second-order valence-corrected chi connectivity index (χ2v) is 3.74. The third-order valence-corrected chi connectivity index (χ3v) is 2.31. The number of rotatable bonds is 2. The van der Waals surface area contributed by atoms with Crippen LogP contribution in [0.4, 0.5) is 0 Å².